The standard InChI is InChI=1S/C33H32N6O4S/c40-21-24-14-16-25(17-15-24)30-19-29(22-44-33-36-37-38-39(33)28-12-5-2-6-13-28)42-31(43-30)26-10-7-11-27(18-26)35-32(41)34-20-23-8-3-1-4-9-23/h1-18,29-31,40H,19-22H2,(H2,34,35,41). The maximum Gasteiger partial charge on any atom is 0.319 e. The Morgan fingerprint density at radius 2 is 1.66 bits per heavy atom. The van der Waals surface area contributed by atoms with E-state index >= 15 is 0 Å². The third-order valence-corrected chi connectivity index (χ3v) is 8.22. The third-order valence-electron chi connectivity index (χ3n) is 7.17. The smallest absolute Gasteiger partial charge is 0.319 e. The number of aliphatic hydroxyl groups is 1. The molecule has 1 fully saturated rings. The second kappa shape index (κ2) is 14.3. The first kappa shape index (κ1) is 29.5. The molecule has 224 valence electrons. The zero-order valence-electron chi connectivity index (χ0n) is 23.8. The van der Waals surface area contributed by atoms with Crippen molar-refractivity contribution in [1.29, 1.82) is 0 Å². The molecule has 2 heterocycles. The van der Waals surface area contributed by atoms with Crippen LogP contribution < -0.4 is 10.6 Å². The summed E-state index contributed by atoms with van der Waals surface area (Å²) in [5.41, 5.74) is 5.13. The van der Waals surface area contributed by atoms with E-state index in [0.717, 1.165) is 27.9 Å². The Morgan fingerprint density at radius 1 is 0.886 bits per heavy atom. The number of ether oxygens (including phenoxy) is 2. The van der Waals surface area contributed by atoms with E-state index in [1.165, 1.54) is 11.8 Å². The highest BCUT2D eigenvalue weighted by atomic mass is 32.2. The van der Waals surface area contributed by atoms with Crippen LogP contribution in [0.25, 0.3) is 5.69 Å². The molecule has 4 aromatic carbocycles. The van der Waals surface area contributed by atoms with E-state index in [1.54, 1.807) is 4.68 Å². The molecule has 3 unspecified atom stereocenters. The summed E-state index contributed by atoms with van der Waals surface area (Å²) in [5.74, 6) is 0.595. The number of hydrogen-bond donors (Lipinski definition) is 3. The molecule has 0 aliphatic carbocycles. The zero-order valence-corrected chi connectivity index (χ0v) is 24.6. The van der Waals surface area contributed by atoms with Gasteiger partial charge in [-0.3, -0.25) is 0 Å². The number of carbonyl (C=O) groups is 1. The predicted octanol–water partition coefficient (Wildman–Crippen LogP) is 5.81. The van der Waals surface area contributed by atoms with E-state index in [9.17, 15) is 9.90 Å². The Labute approximate surface area is 259 Å². The third kappa shape index (κ3) is 7.50. The molecule has 1 aromatic heterocycles. The molecule has 44 heavy (non-hydrogen) atoms. The molecule has 3 N–H and O–H groups in total. The van der Waals surface area contributed by atoms with Gasteiger partial charge in [-0.15, -0.1) is 5.10 Å². The molecule has 0 bridgehead atoms. The maximum atomic E-state index is 12.6. The van der Waals surface area contributed by atoms with Crippen molar-refractivity contribution < 1.29 is 19.4 Å². The van der Waals surface area contributed by atoms with Gasteiger partial charge in [0.25, 0.3) is 0 Å². The highest BCUT2D eigenvalue weighted by Gasteiger charge is 2.33. The molecule has 5 aromatic rings. The van der Waals surface area contributed by atoms with Crippen molar-refractivity contribution in [2.75, 3.05) is 11.1 Å². The van der Waals surface area contributed by atoms with Crippen molar-refractivity contribution in [3.8, 4) is 5.69 Å². The van der Waals surface area contributed by atoms with Gasteiger partial charge in [-0.05, 0) is 51.4 Å². The van der Waals surface area contributed by atoms with E-state index in [4.69, 9.17) is 9.47 Å². The minimum absolute atomic E-state index is 0.0222. The van der Waals surface area contributed by atoms with Crippen LogP contribution in [0, 0.1) is 0 Å². The number of aliphatic hydroxyl groups excluding tert-OH is 1. The highest BCUT2D eigenvalue weighted by Crippen LogP contribution is 2.39. The summed E-state index contributed by atoms with van der Waals surface area (Å²) in [4.78, 5) is 12.6. The van der Waals surface area contributed by atoms with Gasteiger partial charge in [-0.1, -0.05) is 96.7 Å². The van der Waals surface area contributed by atoms with Gasteiger partial charge in [0.15, 0.2) is 6.29 Å². The van der Waals surface area contributed by atoms with E-state index in [-0.39, 0.29) is 24.8 Å². The number of nitrogens with one attached hydrogen (secondary N) is 2. The zero-order chi connectivity index (χ0) is 30.1. The van der Waals surface area contributed by atoms with E-state index < -0.39 is 6.29 Å². The number of benzene rings is 4. The first-order valence-corrected chi connectivity index (χ1v) is 15.3. The second-order valence-corrected chi connectivity index (χ2v) is 11.3. The predicted molar refractivity (Wildman–Crippen MR) is 167 cm³/mol. The van der Waals surface area contributed by atoms with Gasteiger partial charge in [0.2, 0.25) is 5.16 Å². The van der Waals surface area contributed by atoms with Crippen molar-refractivity contribution in [2.24, 2.45) is 0 Å². The average molecular weight is 609 g/mol. The molecule has 2 amide bonds. The number of thioether (sulfide) groups is 1. The van der Waals surface area contributed by atoms with Gasteiger partial charge < -0.3 is 25.2 Å². The fraction of sp³-hybridized carbons (Fsp3) is 0.212. The quantitative estimate of drug-likeness (QED) is 0.170. The molecule has 0 radical (unpaired) electrons. The Morgan fingerprint density at radius 3 is 2.43 bits per heavy atom. The Hall–Kier alpha value is -4.55. The molecule has 0 spiro atoms. The Balaban J connectivity index is 1.17. The van der Waals surface area contributed by atoms with Crippen LogP contribution in [0.5, 0.6) is 0 Å². The topological polar surface area (TPSA) is 123 Å². The van der Waals surface area contributed by atoms with Crippen LogP contribution in [-0.2, 0) is 22.6 Å². The average Bonchev–Trinajstić information content (AvgIpc) is 3.56. The lowest BCUT2D eigenvalue weighted by atomic mass is 10.0. The number of anilines is 1. The minimum Gasteiger partial charge on any atom is -0.392 e. The van der Waals surface area contributed by atoms with Gasteiger partial charge in [0, 0.05) is 30.0 Å². The minimum atomic E-state index is -0.670. The van der Waals surface area contributed by atoms with Gasteiger partial charge in [0.05, 0.1) is 24.5 Å². The van der Waals surface area contributed by atoms with Crippen LogP contribution in [0.2, 0.25) is 0 Å². The number of urea groups is 1. The molecule has 1 aliphatic heterocycles. The Kier molecular flexibility index (Phi) is 9.58. The molecule has 6 rings (SSSR count). The number of carbonyl (C=O) groups excluding carboxylic acids is 1. The van der Waals surface area contributed by atoms with Crippen molar-refractivity contribution in [2.45, 2.75) is 43.2 Å². The van der Waals surface area contributed by atoms with Gasteiger partial charge >= 0.3 is 6.03 Å². The first-order valence-electron chi connectivity index (χ1n) is 14.3. The summed E-state index contributed by atoms with van der Waals surface area (Å²) in [6.07, 6.45) is -0.485. The summed E-state index contributed by atoms with van der Waals surface area (Å²) >= 11 is 1.52. The fourth-order valence-corrected chi connectivity index (χ4v) is 5.81. The van der Waals surface area contributed by atoms with Crippen LogP contribution in [0.4, 0.5) is 10.5 Å². The number of hydrogen-bond acceptors (Lipinski definition) is 8. The first-order chi connectivity index (χ1) is 21.6. The normalized spacial score (nSPS) is 18.1. The fourth-order valence-electron chi connectivity index (χ4n) is 4.91. The highest BCUT2D eigenvalue weighted by molar-refractivity contribution is 7.99. The SMILES string of the molecule is O=C(NCc1ccccc1)Nc1cccc(C2OC(CSc3nnnn3-c3ccccc3)CC(c3ccc(CO)cc3)O2)c1. The summed E-state index contributed by atoms with van der Waals surface area (Å²) in [7, 11) is 0. The van der Waals surface area contributed by atoms with Crippen LogP contribution >= 0.6 is 11.8 Å². The molecule has 1 aliphatic rings. The van der Waals surface area contributed by atoms with Crippen LogP contribution in [0.15, 0.2) is 114 Å². The lowest BCUT2D eigenvalue weighted by Crippen LogP contribution is -2.31. The molecule has 0 saturated carbocycles. The van der Waals surface area contributed by atoms with Crippen LogP contribution in [-0.4, -0.2) is 43.2 Å². The van der Waals surface area contributed by atoms with Crippen LogP contribution in [0.1, 0.15) is 41.1 Å². The summed E-state index contributed by atoms with van der Waals surface area (Å²) in [6.45, 7) is 0.399. The number of amides is 2. The summed E-state index contributed by atoms with van der Waals surface area (Å²) in [5, 5.41) is 28.3. The largest absolute Gasteiger partial charge is 0.392 e. The molecule has 11 heteroatoms. The Bertz CT molecular complexity index is 1650. The maximum absolute atomic E-state index is 12.6. The molecular weight excluding hydrogens is 576 g/mol. The van der Waals surface area contributed by atoms with E-state index in [2.05, 4.69) is 26.2 Å². The molecular formula is C33H32N6O4S. The number of rotatable bonds is 10. The van der Waals surface area contributed by atoms with Crippen LogP contribution in [0.3, 0.4) is 0 Å². The summed E-state index contributed by atoms with van der Waals surface area (Å²) in [6, 6.07) is 34.4. The molecule has 1 saturated heterocycles. The van der Waals surface area contributed by atoms with Crippen molar-refractivity contribution in [1.82, 2.24) is 25.5 Å². The molecule has 3 atom stereocenters. The van der Waals surface area contributed by atoms with Gasteiger partial charge in [-0.2, -0.15) is 4.68 Å². The van der Waals surface area contributed by atoms with Crippen molar-refractivity contribution in [3.05, 3.63) is 131 Å². The van der Waals surface area contributed by atoms with Gasteiger partial charge in [0.1, 0.15) is 0 Å². The van der Waals surface area contributed by atoms with E-state index in [0.29, 0.717) is 29.6 Å². The number of nitrogens with zero attached hydrogens (tertiary/aromatic N) is 4. The number of tetrazole rings is 1. The summed E-state index contributed by atoms with van der Waals surface area (Å²) < 4.78 is 14.7. The molecule has 10 nitrogen and oxygen atoms in total. The number of para-hydroxylation sites is 1. The van der Waals surface area contributed by atoms with Crippen molar-refractivity contribution >= 4 is 23.5 Å². The lowest BCUT2D eigenvalue weighted by Gasteiger charge is -2.36. The lowest BCUT2D eigenvalue weighted by molar-refractivity contribution is -0.245. The second-order valence-electron chi connectivity index (χ2n) is 10.3. The van der Waals surface area contributed by atoms with Crippen molar-refractivity contribution in [3.63, 3.8) is 0 Å². The number of aromatic nitrogens is 4. The van der Waals surface area contributed by atoms with Gasteiger partial charge in [-0.25, -0.2) is 4.79 Å². The van der Waals surface area contributed by atoms with E-state index in [1.807, 2.05) is 109 Å². The monoisotopic (exact) mass is 608 g/mol.